The van der Waals surface area contributed by atoms with Crippen molar-refractivity contribution < 1.29 is 4.39 Å². The molecule has 1 nitrogen and oxygen atoms in total. The predicted molar refractivity (Wildman–Crippen MR) is 129 cm³/mol. The summed E-state index contributed by atoms with van der Waals surface area (Å²) in [5, 5.41) is 2.51. The lowest BCUT2D eigenvalue weighted by molar-refractivity contribution is 0.628. The molecule has 0 bridgehead atoms. The third-order valence-electron chi connectivity index (χ3n) is 4.88. The third-order valence-corrected chi connectivity index (χ3v) is 4.88. The third kappa shape index (κ3) is 3.99. The number of rotatable bonds is 2. The number of para-hydroxylation sites is 2. The Bertz CT molecular complexity index is 1160. The molecule has 0 fully saturated rings. The van der Waals surface area contributed by atoms with Crippen LogP contribution in [0.4, 0.5) is 4.39 Å². The van der Waals surface area contributed by atoms with Crippen molar-refractivity contribution in [1.82, 2.24) is 4.57 Å². The van der Waals surface area contributed by atoms with Gasteiger partial charge in [0.15, 0.2) is 0 Å². The second-order valence-corrected chi connectivity index (χ2v) is 6.42. The first-order valence-corrected chi connectivity index (χ1v) is 10.7. The van der Waals surface area contributed by atoms with Crippen molar-refractivity contribution in [2.45, 2.75) is 27.7 Å². The minimum atomic E-state index is -0.212. The topological polar surface area (TPSA) is 4.93 Å². The van der Waals surface area contributed by atoms with Crippen LogP contribution in [0.1, 0.15) is 27.7 Å². The highest BCUT2D eigenvalue weighted by atomic mass is 19.1. The molecule has 5 rings (SSSR count). The minimum absolute atomic E-state index is 0.212. The summed E-state index contributed by atoms with van der Waals surface area (Å²) in [4.78, 5) is 0. The summed E-state index contributed by atoms with van der Waals surface area (Å²) in [6.07, 6.45) is 0. The van der Waals surface area contributed by atoms with Crippen LogP contribution >= 0.6 is 0 Å². The van der Waals surface area contributed by atoms with Crippen LogP contribution in [0, 0.1) is 5.82 Å². The van der Waals surface area contributed by atoms with Crippen LogP contribution < -0.4 is 0 Å². The van der Waals surface area contributed by atoms with Crippen molar-refractivity contribution >= 4 is 21.8 Å². The lowest BCUT2D eigenvalue weighted by Gasteiger charge is -2.09. The molecule has 4 aromatic carbocycles. The molecule has 1 heterocycles. The second-order valence-electron chi connectivity index (χ2n) is 6.42. The summed E-state index contributed by atoms with van der Waals surface area (Å²) in [6.45, 7) is 8.00. The Morgan fingerprint density at radius 1 is 0.500 bits per heavy atom. The maximum Gasteiger partial charge on any atom is 0.123 e. The number of hydrogen-bond donors (Lipinski definition) is 0. The van der Waals surface area contributed by atoms with Crippen molar-refractivity contribution in [3.63, 3.8) is 0 Å². The lowest BCUT2D eigenvalue weighted by Crippen LogP contribution is -1.93. The van der Waals surface area contributed by atoms with Crippen LogP contribution in [-0.4, -0.2) is 4.57 Å². The fourth-order valence-electron chi connectivity index (χ4n) is 3.65. The molecule has 0 atom stereocenters. The first kappa shape index (κ1) is 21.3. The molecule has 0 amide bonds. The van der Waals surface area contributed by atoms with E-state index in [0.717, 1.165) is 16.8 Å². The van der Waals surface area contributed by atoms with E-state index in [9.17, 15) is 4.39 Å². The van der Waals surface area contributed by atoms with E-state index in [2.05, 4.69) is 77.4 Å². The van der Waals surface area contributed by atoms with Crippen molar-refractivity contribution in [2.24, 2.45) is 0 Å². The first-order valence-electron chi connectivity index (χ1n) is 10.7. The van der Waals surface area contributed by atoms with Gasteiger partial charge in [-0.15, -0.1) is 0 Å². The summed E-state index contributed by atoms with van der Waals surface area (Å²) >= 11 is 0. The maximum absolute atomic E-state index is 13.1. The molecule has 0 unspecified atom stereocenters. The summed E-state index contributed by atoms with van der Waals surface area (Å²) in [5.41, 5.74) is 5.61. The van der Waals surface area contributed by atoms with Crippen molar-refractivity contribution in [3.05, 3.63) is 103 Å². The quantitative estimate of drug-likeness (QED) is 0.281. The van der Waals surface area contributed by atoms with Crippen molar-refractivity contribution in [3.8, 4) is 16.8 Å². The van der Waals surface area contributed by atoms with Crippen LogP contribution in [0.15, 0.2) is 97.1 Å². The molecule has 5 aromatic rings. The molecule has 2 heteroatoms. The van der Waals surface area contributed by atoms with Gasteiger partial charge in [-0.2, -0.15) is 0 Å². The number of nitrogens with zero attached hydrogens (tertiary/aromatic N) is 1. The molecule has 30 heavy (non-hydrogen) atoms. The van der Waals surface area contributed by atoms with Crippen molar-refractivity contribution in [2.75, 3.05) is 0 Å². The Hall–Kier alpha value is -3.39. The van der Waals surface area contributed by atoms with E-state index in [1.54, 1.807) is 0 Å². The van der Waals surface area contributed by atoms with E-state index in [1.807, 2.05) is 39.8 Å². The van der Waals surface area contributed by atoms with E-state index >= 15 is 0 Å². The van der Waals surface area contributed by atoms with Crippen LogP contribution in [-0.2, 0) is 0 Å². The first-order chi connectivity index (χ1) is 14.8. The van der Waals surface area contributed by atoms with E-state index < -0.39 is 0 Å². The molecule has 0 spiro atoms. The molecule has 0 N–H and O–H groups in total. The molecule has 0 aliphatic heterocycles. The number of aromatic nitrogens is 1. The van der Waals surface area contributed by atoms with Crippen LogP contribution in [0.5, 0.6) is 0 Å². The maximum atomic E-state index is 13.1. The normalized spacial score (nSPS) is 10.2. The van der Waals surface area contributed by atoms with Gasteiger partial charge in [-0.1, -0.05) is 88.4 Å². The van der Waals surface area contributed by atoms with Gasteiger partial charge < -0.3 is 4.57 Å². The average Bonchev–Trinajstić information content (AvgIpc) is 3.17. The zero-order valence-electron chi connectivity index (χ0n) is 18.1. The van der Waals surface area contributed by atoms with Gasteiger partial charge in [0, 0.05) is 16.5 Å². The smallest absolute Gasteiger partial charge is 0.123 e. The Morgan fingerprint density at radius 2 is 0.900 bits per heavy atom. The largest absolute Gasteiger partial charge is 0.309 e. The SMILES string of the molecule is CC.CC.Fc1ccc(-c2ccc(-n3c4ccccc4c4ccccc43)cc2)cc1. The molecule has 152 valence electrons. The predicted octanol–water partition coefficient (Wildman–Crippen LogP) is 8.64. The van der Waals surface area contributed by atoms with Crippen molar-refractivity contribution in [1.29, 1.82) is 0 Å². The summed E-state index contributed by atoms with van der Waals surface area (Å²) in [7, 11) is 0. The standard InChI is InChI=1S/C24H16FN.2C2H6/c25-19-13-9-17(10-14-19)18-11-15-20(16-12-18)26-23-7-3-1-5-21(23)22-6-2-4-8-24(22)26;2*1-2/h1-16H;2*1-2H3. The van der Waals surface area contributed by atoms with Gasteiger partial charge in [-0.25, -0.2) is 4.39 Å². The van der Waals surface area contributed by atoms with Gasteiger partial charge >= 0.3 is 0 Å². The number of fused-ring (bicyclic) bond motifs is 3. The molecular weight excluding hydrogens is 369 g/mol. The van der Waals surface area contributed by atoms with Gasteiger partial charge in [-0.05, 0) is 47.5 Å². The van der Waals surface area contributed by atoms with E-state index in [4.69, 9.17) is 0 Å². The Labute approximate surface area is 178 Å². The van der Waals surface area contributed by atoms with Gasteiger partial charge in [0.2, 0.25) is 0 Å². The molecule has 0 radical (unpaired) electrons. The number of halogens is 1. The summed E-state index contributed by atoms with van der Waals surface area (Å²) < 4.78 is 15.4. The van der Waals surface area contributed by atoms with Gasteiger partial charge in [-0.3, -0.25) is 0 Å². The molecule has 0 saturated heterocycles. The number of benzene rings is 4. The summed E-state index contributed by atoms with van der Waals surface area (Å²) in [5.74, 6) is -0.212. The zero-order valence-corrected chi connectivity index (χ0v) is 18.1. The Morgan fingerprint density at radius 3 is 1.37 bits per heavy atom. The molecule has 0 aliphatic rings. The fourth-order valence-corrected chi connectivity index (χ4v) is 3.65. The fraction of sp³-hybridized carbons (Fsp3) is 0.143. The Kier molecular flexibility index (Phi) is 7.03. The van der Waals surface area contributed by atoms with E-state index in [-0.39, 0.29) is 5.82 Å². The summed E-state index contributed by atoms with van der Waals surface area (Å²) in [6, 6.07) is 32.0. The van der Waals surface area contributed by atoms with E-state index in [1.165, 1.54) is 33.9 Å². The molecule has 0 saturated carbocycles. The van der Waals surface area contributed by atoms with Crippen LogP contribution in [0.3, 0.4) is 0 Å². The van der Waals surface area contributed by atoms with E-state index in [0.29, 0.717) is 0 Å². The average molecular weight is 398 g/mol. The van der Waals surface area contributed by atoms with Gasteiger partial charge in [0.25, 0.3) is 0 Å². The monoisotopic (exact) mass is 397 g/mol. The Balaban J connectivity index is 0.000000606. The highest BCUT2D eigenvalue weighted by Crippen LogP contribution is 2.32. The van der Waals surface area contributed by atoms with Crippen LogP contribution in [0.2, 0.25) is 0 Å². The zero-order chi connectivity index (χ0) is 21.5. The minimum Gasteiger partial charge on any atom is -0.309 e. The number of hydrogen-bond acceptors (Lipinski definition) is 0. The van der Waals surface area contributed by atoms with Crippen LogP contribution in [0.25, 0.3) is 38.6 Å². The lowest BCUT2D eigenvalue weighted by atomic mass is 10.1. The second kappa shape index (κ2) is 9.89. The molecule has 0 aliphatic carbocycles. The molecule has 1 aromatic heterocycles. The highest BCUT2D eigenvalue weighted by Gasteiger charge is 2.11. The molecular formula is C28H28FN. The highest BCUT2D eigenvalue weighted by molar-refractivity contribution is 6.09. The van der Waals surface area contributed by atoms with Gasteiger partial charge in [0.05, 0.1) is 11.0 Å². The van der Waals surface area contributed by atoms with Gasteiger partial charge in [0.1, 0.15) is 5.82 Å².